The van der Waals surface area contributed by atoms with E-state index in [9.17, 15) is 15.5 Å². The van der Waals surface area contributed by atoms with Gasteiger partial charge in [0.1, 0.15) is 11.4 Å². The number of hydrogen-bond donors (Lipinski definition) is 2. The summed E-state index contributed by atoms with van der Waals surface area (Å²) in [6, 6.07) is 20.3. The number of nitriles is 1. The summed E-state index contributed by atoms with van der Waals surface area (Å²) in [7, 11) is 0. The third kappa shape index (κ3) is 2.31. The molecule has 6 heteroatoms. The first-order valence-corrected chi connectivity index (χ1v) is 9.69. The van der Waals surface area contributed by atoms with Crippen molar-refractivity contribution in [1.82, 2.24) is 4.98 Å². The van der Waals surface area contributed by atoms with Gasteiger partial charge in [-0.25, -0.2) is 0 Å². The molecule has 0 spiro atoms. The van der Waals surface area contributed by atoms with E-state index in [1.807, 2.05) is 30.3 Å². The van der Waals surface area contributed by atoms with Crippen molar-refractivity contribution in [3.63, 3.8) is 0 Å². The van der Waals surface area contributed by atoms with E-state index < -0.39 is 17.3 Å². The standard InChI is InChI=1S/C23H17ClN2O3/c24-17-10-19-21(26-13-17)22(28)20(27)11-18(15-4-2-1-3-5-15)23(22,29-19)16-8-6-14(12-25)7-9-16/h1-10,13,18,20,27-28H,11H2/t18?,20-,22?,23?/m0/s1. The average Bonchev–Trinajstić information content (AvgIpc) is 3.14. The number of pyridine rings is 1. The molecule has 2 aliphatic rings. The van der Waals surface area contributed by atoms with Crippen molar-refractivity contribution in [3.05, 3.63) is 94.3 Å². The number of fused-ring (bicyclic) bond motifs is 3. The van der Waals surface area contributed by atoms with Crippen LogP contribution >= 0.6 is 11.6 Å². The Morgan fingerprint density at radius 1 is 1.14 bits per heavy atom. The van der Waals surface area contributed by atoms with Gasteiger partial charge in [-0.05, 0) is 29.7 Å². The zero-order chi connectivity index (χ0) is 20.2. The summed E-state index contributed by atoms with van der Waals surface area (Å²) in [5.74, 6) is 0.00801. The Bertz CT molecular complexity index is 1130. The van der Waals surface area contributed by atoms with Gasteiger partial charge in [0.05, 0.1) is 22.8 Å². The lowest BCUT2D eigenvalue weighted by Gasteiger charge is -2.40. The molecular formula is C23H17ClN2O3. The Morgan fingerprint density at radius 3 is 2.55 bits per heavy atom. The van der Waals surface area contributed by atoms with E-state index in [4.69, 9.17) is 16.3 Å². The summed E-state index contributed by atoms with van der Waals surface area (Å²) >= 11 is 6.12. The van der Waals surface area contributed by atoms with Gasteiger partial charge in [0.15, 0.2) is 11.2 Å². The fourth-order valence-electron chi connectivity index (χ4n) is 4.84. The Balaban J connectivity index is 1.79. The van der Waals surface area contributed by atoms with Gasteiger partial charge in [-0.1, -0.05) is 54.1 Å². The van der Waals surface area contributed by atoms with Crippen molar-refractivity contribution < 1.29 is 14.9 Å². The maximum absolute atomic E-state index is 12.0. The van der Waals surface area contributed by atoms with Gasteiger partial charge in [-0.2, -0.15) is 5.26 Å². The molecule has 2 aromatic carbocycles. The molecule has 1 saturated carbocycles. The van der Waals surface area contributed by atoms with Crippen molar-refractivity contribution >= 4 is 11.6 Å². The summed E-state index contributed by atoms with van der Waals surface area (Å²) in [5.41, 5.74) is -0.690. The highest BCUT2D eigenvalue weighted by atomic mass is 35.5. The third-order valence-corrected chi connectivity index (χ3v) is 6.30. The maximum atomic E-state index is 12.0. The van der Waals surface area contributed by atoms with Crippen molar-refractivity contribution in [2.75, 3.05) is 0 Å². The van der Waals surface area contributed by atoms with Crippen LogP contribution in [0.2, 0.25) is 5.02 Å². The quantitative estimate of drug-likeness (QED) is 0.681. The summed E-state index contributed by atoms with van der Waals surface area (Å²) in [6.07, 6.45) is 0.641. The molecule has 2 N–H and O–H groups in total. The second-order valence-electron chi connectivity index (χ2n) is 7.51. The number of ether oxygens (including phenoxy) is 1. The average molecular weight is 405 g/mol. The summed E-state index contributed by atoms with van der Waals surface area (Å²) < 4.78 is 6.46. The van der Waals surface area contributed by atoms with E-state index in [2.05, 4.69) is 11.1 Å². The Morgan fingerprint density at radius 2 is 1.86 bits per heavy atom. The van der Waals surface area contributed by atoms with E-state index in [0.717, 1.165) is 5.56 Å². The third-order valence-electron chi connectivity index (χ3n) is 6.09. The minimum absolute atomic E-state index is 0.275. The van der Waals surface area contributed by atoms with Crippen molar-refractivity contribution in [3.8, 4) is 11.8 Å². The first-order chi connectivity index (χ1) is 14.0. The van der Waals surface area contributed by atoms with Crippen molar-refractivity contribution in [2.24, 2.45) is 0 Å². The Kier molecular flexibility index (Phi) is 3.94. The van der Waals surface area contributed by atoms with Crippen LogP contribution < -0.4 is 4.74 Å². The normalized spacial score (nSPS) is 29.6. The van der Waals surface area contributed by atoms with Gasteiger partial charge in [0, 0.05) is 18.2 Å². The fraction of sp³-hybridized carbons (Fsp3) is 0.217. The zero-order valence-corrected chi connectivity index (χ0v) is 16.0. The molecule has 5 nitrogen and oxygen atoms in total. The van der Waals surface area contributed by atoms with Crippen LogP contribution in [0.4, 0.5) is 0 Å². The molecule has 0 bridgehead atoms. The highest BCUT2D eigenvalue weighted by molar-refractivity contribution is 6.30. The second-order valence-corrected chi connectivity index (χ2v) is 7.94. The van der Waals surface area contributed by atoms with Gasteiger partial charge in [0.2, 0.25) is 0 Å². The molecular weight excluding hydrogens is 388 g/mol. The number of rotatable bonds is 2. The predicted molar refractivity (Wildman–Crippen MR) is 106 cm³/mol. The second kappa shape index (κ2) is 6.30. The number of hydrogen-bond acceptors (Lipinski definition) is 5. The Hall–Kier alpha value is -2.91. The maximum Gasteiger partial charge on any atom is 0.180 e. The van der Waals surface area contributed by atoms with E-state index in [1.165, 1.54) is 6.20 Å². The minimum atomic E-state index is -1.76. The smallest absolute Gasteiger partial charge is 0.180 e. The minimum Gasteiger partial charge on any atom is -0.476 e. The van der Waals surface area contributed by atoms with Crippen LogP contribution in [0.25, 0.3) is 0 Å². The lowest BCUT2D eigenvalue weighted by atomic mass is 9.72. The Labute approximate surface area is 172 Å². The largest absolute Gasteiger partial charge is 0.476 e. The van der Waals surface area contributed by atoms with Crippen molar-refractivity contribution in [2.45, 2.75) is 29.6 Å². The highest BCUT2D eigenvalue weighted by Crippen LogP contribution is 2.66. The van der Waals surface area contributed by atoms with Crippen LogP contribution in [0.5, 0.6) is 5.75 Å². The van der Waals surface area contributed by atoms with Gasteiger partial charge < -0.3 is 14.9 Å². The molecule has 3 aromatic rings. The summed E-state index contributed by atoms with van der Waals surface area (Å²) in [4.78, 5) is 4.34. The first kappa shape index (κ1) is 18.1. The summed E-state index contributed by atoms with van der Waals surface area (Å²) in [5, 5.41) is 32.6. The van der Waals surface area contributed by atoms with Crippen molar-refractivity contribution in [1.29, 1.82) is 5.26 Å². The molecule has 1 aromatic heterocycles. The number of aliphatic hydroxyl groups is 2. The molecule has 2 heterocycles. The van der Waals surface area contributed by atoms with Crippen LogP contribution in [-0.2, 0) is 11.2 Å². The van der Waals surface area contributed by atoms with Gasteiger partial charge in [-0.3, -0.25) is 4.98 Å². The topological polar surface area (TPSA) is 86.4 Å². The number of aliphatic hydroxyl groups excluding tert-OH is 1. The highest BCUT2D eigenvalue weighted by Gasteiger charge is 2.73. The molecule has 29 heavy (non-hydrogen) atoms. The molecule has 0 radical (unpaired) electrons. The van der Waals surface area contributed by atoms with E-state index >= 15 is 0 Å². The molecule has 3 unspecified atom stereocenters. The van der Waals surface area contributed by atoms with Crippen LogP contribution in [0, 0.1) is 11.3 Å². The monoisotopic (exact) mass is 404 g/mol. The van der Waals surface area contributed by atoms with Gasteiger partial charge in [0.25, 0.3) is 0 Å². The van der Waals surface area contributed by atoms with Gasteiger partial charge in [-0.15, -0.1) is 0 Å². The molecule has 0 amide bonds. The van der Waals surface area contributed by atoms with E-state index in [-0.39, 0.29) is 11.6 Å². The fourth-order valence-corrected chi connectivity index (χ4v) is 4.99. The first-order valence-electron chi connectivity index (χ1n) is 9.32. The number of aromatic nitrogens is 1. The van der Waals surface area contributed by atoms with E-state index in [1.54, 1.807) is 30.3 Å². The van der Waals surface area contributed by atoms with Crippen LogP contribution in [0.3, 0.4) is 0 Å². The summed E-state index contributed by atoms with van der Waals surface area (Å²) in [6.45, 7) is 0. The van der Waals surface area contributed by atoms with Crippen LogP contribution in [0.15, 0.2) is 66.9 Å². The molecule has 144 valence electrons. The molecule has 4 atom stereocenters. The van der Waals surface area contributed by atoms with E-state index in [0.29, 0.717) is 28.3 Å². The number of halogens is 1. The molecule has 1 fully saturated rings. The molecule has 1 aliphatic carbocycles. The number of nitrogens with zero attached hydrogens (tertiary/aromatic N) is 2. The van der Waals surface area contributed by atoms with Crippen LogP contribution in [0.1, 0.15) is 34.7 Å². The molecule has 1 aliphatic heterocycles. The predicted octanol–water partition coefficient (Wildman–Crippen LogP) is 3.63. The zero-order valence-electron chi connectivity index (χ0n) is 15.3. The number of benzene rings is 2. The lowest BCUT2D eigenvalue weighted by Crippen LogP contribution is -2.52. The molecule has 0 saturated heterocycles. The van der Waals surface area contributed by atoms with Crippen LogP contribution in [-0.4, -0.2) is 21.3 Å². The SMILES string of the molecule is N#Cc1ccc(C23Oc4cc(Cl)cnc4C2(O)[C@@H](O)CC3c2ccccc2)cc1. The lowest BCUT2D eigenvalue weighted by molar-refractivity contribution is -0.151. The molecule has 5 rings (SSSR count). The van der Waals surface area contributed by atoms with Gasteiger partial charge >= 0.3 is 0 Å².